The second-order valence-corrected chi connectivity index (χ2v) is 11.1. The highest BCUT2D eigenvalue weighted by molar-refractivity contribution is 7.23. The Labute approximate surface area is 222 Å². The third-order valence-corrected chi connectivity index (χ3v) is 8.49. The number of thiazole rings is 1. The van der Waals surface area contributed by atoms with Crippen molar-refractivity contribution >= 4 is 38.3 Å². The van der Waals surface area contributed by atoms with Gasteiger partial charge in [-0.25, -0.2) is 13.8 Å². The normalized spacial score (nSPS) is 18.9. The van der Waals surface area contributed by atoms with E-state index in [-0.39, 0.29) is 23.7 Å². The molecule has 7 nitrogen and oxygen atoms in total. The zero-order valence-corrected chi connectivity index (χ0v) is 21.7. The Kier molecular flexibility index (Phi) is 6.84. The number of piperidine rings is 1. The molecule has 6 rings (SSSR count). The van der Waals surface area contributed by atoms with E-state index in [9.17, 15) is 14.0 Å². The lowest BCUT2D eigenvalue weighted by Crippen LogP contribution is -2.36. The maximum absolute atomic E-state index is 15.0. The number of carbonyl (C=O) groups excluding carboxylic acids is 2. The van der Waals surface area contributed by atoms with Gasteiger partial charge in [0.2, 0.25) is 5.91 Å². The fraction of sp³-hybridized carbons (Fsp3) is 0.393. The van der Waals surface area contributed by atoms with Crippen LogP contribution in [0.2, 0.25) is 0 Å². The van der Waals surface area contributed by atoms with Crippen LogP contribution in [0.3, 0.4) is 0 Å². The molecule has 0 aliphatic carbocycles. The molecule has 2 N–H and O–H groups in total. The van der Waals surface area contributed by atoms with E-state index in [4.69, 9.17) is 0 Å². The SMILES string of the molecule is O=C1CC[C@H](c2ccc(-c3cn4c(n3)sc3cc(C(=O)NCCCN5CCC(F)CC5)ccc34)c(F)c2)N1. The maximum atomic E-state index is 15.0. The third kappa shape index (κ3) is 5.02. The standard InChI is InChI=1S/C28H29F2N5O2S/c29-19-8-12-34(13-9-19)11-1-10-31-27(37)18-3-6-24-25(15-18)38-28-33-23(16-35(24)28)20-4-2-17(14-21(20)30)22-5-7-26(36)32-22/h2-4,6,14-16,19,22H,1,5,7-13H2,(H,31,37)(H,32,36)/t22-/m1/s1. The lowest BCUT2D eigenvalue weighted by atomic mass is 10.0. The van der Waals surface area contributed by atoms with Gasteiger partial charge in [-0.1, -0.05) is 17.4 Å². The highest BCUT2D eigenvalue weighted by Crippen LogP contribution is 2.33. The van der Waals surface area contributed by atoms with E-state index >= 15 is 4.39 Å². The van der Waals surface area contributed by atoms with E-state index in [1.54, 1.807) is 12.1 Å². The number of amides is 2. The molecule has 2 aromatic heterocycles. The predicted molar refractivity (Wildman–Crippen MR) is 144 cm³/mol. The minimum absolute atomic E-state index is 0.00679. The highest BCUT2D eigenvalue weighted by atomic mass is 32.1. The van der Waals surface area contributed by atoms with Crippen LogP contribution in [-0.2, 0) is 4.79 Å². The molecule has 1 atom stereocenters. The summed E-state index contributed by atoms with van der Waals surface area (Å²) in [5.74, 6) is -0.501. The fourth-order valence-corrected chi connectivity index (χ4v) is 6.37. The molecule has 0 radical (unpaired) electrons. The number of benzene rings is 2. The molecule has 4 aromatic rings. The maximum Gasteiger partial charge on any atom is 0.251 e. The van der Waals surface area contributed by atoms with Crippen LogP contribution in [0, 0.1) is 5.82 Å². The van der Waals surface area contributed by atoms with Crippen LogP contribution in [0.5, 0.6) is 0 Å². The smallest absolute Gasteiger partial charge is 0.251 e. The Bertz CT molecular complexity index is 1510. The van der Waals surface area contributed by atoms with E-state index in [1.807, 2.05) is 28.8 Å². The van der Waals surface area contributed by atoms with Crippen molar-refractivity contribution in [1.82, 2.24) is 24.9 Å². The monoisotopic (exact) mass is 537 g/mol. The second kappa shape index (κ2) is 10.4. The van der Waals surface area contributed by atoms with Crippen molar-refractivity contribution in [3.8, 4) is 11.3 Å². The number of imidazole rings is 1. The topological polar surface area (TPSA) is 78.7 Å². The van der Waals surface area contributed by atoms with Crippen LogP contribution >= 0.6 is 11.3 Å². The number of hydrogen-bond donors (Lipinski definition) is 2. The van der Waals surface area contributed by atoms with Crippen molar-refractivity contribution in [3.05, 3.63) is 59.5 Å². The van der Waals surface area contributed by atoms with Crippen molar-refractivity contribution in [2.75, 3.05) is 26.2 Å². The van der Waals surface area contributed by atoms with Gasteiger partial charge in [0.15, 0.2) is 4.96 Å². The number of aromatic nitrogens is 2. The molecule has 0 unspecified atom stereocenters. The summed E-state index contributed by atoms with van der Waals surface area (Å²) < 4.78 is 31.1. The second-order valence-electron chi connectivity index (χ2n) is 10.1. The molecule has 0 spiro atoms. The number of halogens is 2. The Hall–Kier alpha value is -3.37. The number of alkyl halides is 1. The first-order valence-electron chi connectivity index (χ1n) is 13.1. The zero-order chi connectivity index (χ0) is 26.2. The van der Waals surface area contributed by atoms with Crippen LogP contribution in [-0.4, -0.2) is 58.4 Å². The Morgan fingerprint density at radius 2 is 2.00 bits per heavy atom. The number of likely N-dealkylation sites (tertiary alicyclic amines) is 1. The summed E-state index contributed by atoms with van der Waals surface area (Å²) in [5.41, 5.74) is 3.20. The van der Waals surface area contributed by atoms with Crippen molar-refractivity contribution in [1.29, 1.82) is 0 Å². The van der Waals surface area contributed by atoms with E-state index in [2.05, 4.69) is 20.5 Å². The number of rotatable bonds is 7. The summed E-state index contributed by atoms with van der Waals surface area (Å²) in [6.07, 6.45) is 4.30. The Balaban J connectivity index is 1.12. The molecule has 2 amide bonds. The van der Waals surface area contributed by atoms with Gasteiger partial charge in [0.1, 0.15) is 12.0 Å². The van der Waals surface area contributed by atoms with Gasteiger partial charge in [-0.15, -0.1) is 0 Å². The molecular weight excluding hydrogens is 508 g/mol. The Morgan fingerprint density at radius 1 is 1.16 bits per heavy atom. The van der Waals surface area contributed by atoms with E-state index in [0.29, 0.717) is 49.0 Å². The number of nitrogens with zero attached hydrogens (tertiary/aromatic N) is 3. The van der Waals surface area contributed by atoms with Crippen LogP contribution in [0.1, 0.15) is 54.1 Å². The number of carbonyl (C=O) groups is 2. The van der Waals surface area contributed by atoms with Crippen molar-refractivity contribution < 1.29 is 18.4 Å². The van der Waals surface area contributed by atoms with Crippen molar-refractivity contribution in [2.24, 2.45) is 0 Å². The van der Waals surface area contributed by atoms with Crippen LogP contribution in [0.25, 0.3) is 26.4 Å². The van der Waals surface area contributed by atoms with Gasteiger partial charge in [0.25, 0.3) is 5.91 Å². The molecule has 2 saturated heterocycles. The number of nitrogens with one attached hydrogen (secondary N) is 2. The third-order valence-electron chi connectivity index (χ3n) is 7.48. The summed E-state index contributed by atoms with van der Waals surface area (Å²) in [7, 11) is 0. The minimum atomic E-state index is -0.673. The molecule has 198 valence electrons. The summed E-state index contributed by atoms with van der Waals surface area (Å²) in [6, 6.07) is 10.4. The van der Waals surface area contributed by atoms with Gasteiger partial charge < -0.3 is 15.5 Å². The predicted octanol–water partition coefficient (Wildman–Crippen LogP) is 4.86. The van der Waals surface area contributed by atoms with Crippen LogP contribution < -0.4 is 10.6 Å². The zero-order valence-electron chi connectivity index (χ0n) is 20.9. The summed E-state index contributed by atoms with van der Waals surface area (Å²) >= 11 is 1.45. The lowest BCUT2D eigenvalue weighted by Gasteiger charge is -2.28. The van der Waals surface area contributed by atoms with Crippen molar-refractivity contribution in [2.45, 2.75) is 44.3 Å². The first kappa shape index (κ1) is 24.9. The largest absolute Gasteiger partial charge is 0.352 e. The number of hydrogen-bond acceptors (Lipinski definition) is 5. The fourth-order valence-electron chi connectivity index (χ4n) is 5.32. The van der Waals surface area contributed by atoms with Gasteiger partial charge in [-0.2, -0.15) is 0 Å². The van der Waals surface area contributed by atoms with Crippen LogP contribution in [0.15, 0.2) is 42.6 Å². The lowest BCUT2D eigenvalue weighted by molar-refractivity contribution is -0.119. The van der Waals surface area contributed by atoms with E-state index in [0.717, 1.165) is 46.8 Å². The molecule has 38 heavy (non-hydrogen) atoms. The average molecular weight is 538 g/mol. The molecule has 4 heterocycles. The van der Waals surface area contributed by atoms with Gasteiger partial charge in [0, 0.05) is 43.4 Å². The molecular formula is C28H29F2N5O2S. The van der Waals surface area contributed by atoms with Gasteiger partial charge >= 0.3 is 0 Å². The molecule has 0 saturated carbocycles. The molecule has 2 aliphatic heterocycles. The van der Waals surface area contributed by atoms with E-state index < -0.39 is 6.17 Å². The minimum Gasteiger partial charge on any atom is -0.352 e. The summed E-state index contributed by atoms with van der Waals surface area (Å²) in [6.45, 7) is 3.00. The van der Waals surface area contributed by atoms with Crippen molar-refractivity contribution in [3.63, 3.8) is 0 Å². The van der Waals surface area contributed by atoms with Crippen LogP contribution in [0.4, 0.5) is 8.78 Å². The van der Waals surface area contributed by atoms with Gasteiger partial charge in [0.05, 0.1) is 22.0 Å². The van der Waals surface area contributed by atoms with E-state index in [1.165, 1.54) is 17.4 Å². The summed E-state index contributed by atoms with van der Waals surface area (Å²) in [5, 5.41) is 5.85. The molecule has 2 aromatic carbocycles. The Morgan fingerprint density at radius 3 is 2.76 bits per heavy atom. The number of fused-ring (bicyclic) bond motifs is 3. The molecule has 0 bridgehead atoms. The first-order chi connectivity index (χ1) is 18.4. The average Bonchev–Trinajstić information content (AvgIpc) is 3.61. The highest BCUT2D eigenvalue weighted by Gasteiger charge is 2.24. The van der Waals surface area contributed by atoms with Gasteiger partial charge in [-0.05, 0) is 68.1 Å². The first-order valence-corrected chi connectivity index (χ1v) is 13.9. The molecule has 2 fully saturated rings. The van der Waals surface area contributed by atoms with Gasteiger partial charge in [-0.3, -0.25) is 14.0 Å². The summed E-state index contributed by atoms with van der Waals surface area (Å²) in [4.78, 5) is 31.8. The molecule has 10 heteroatoms. The quantitative estimate of drug-likeness (QED) is 0.330. The molecule has 2 aliphatic rings.